The zero-order valence-electron chi connectivity index (χ0n) is 13.9. The van der Waals surface area contributed by atoms with Crippen molar-refractivity contribution >= 4 is 11.5 Å². The molecule has 0 saturated heterocycles. The van der Waals surface area contributed by atoms with E-state index < -0.39 is 0 Å². The lowest BCUT2D eigenvalue weighted by Crippen LogP contribution is -2.06. The van der Waals surface area contributed by atoms with Crippen LogP contribution in [0.2, 0.25) is 0 Å². The molecule has 0 aliphatic heterocycles. The van der Waals surface area contributed by atoms with Crippen molar-refractivity contribution in [3.8, 4) is 17.2 Å². The number of para-hydroxylation sites is 1. The first-order valence-corrected chi connectivity index (χ1v) is 8.07. The molecular formula is C21H19NO3. The summed E-state index contributed by atoms with van der Waals surface area (Å²) in [7, 11) is 0. The Labute approximate surface area is 146 Å². The number of nitrogen functional groups attached to an aromatic ring is 1. The predicted octanol–water partition coefficient (Wildman–Crippen LogP) is 4.69. The topological polar surface area (TPSA) is 61.5 Å². The van der Waals surface area contributed by atoms with Crippen molar-refractivity contribution in [1.82, 2.24) is 0 Å². The molecule has 0 spiro atoms. The first-order chi connectivity index (χ1) is 12.2. The van der Waals surface area contributed by atoms with Gasteiger partial charge in [0, 0.05) is 11.3 Å². The fourth-order valence-corrected chi connectivity index (χ4v) is 2.49. The van der Waals surface area contributed by atoms with Crippen molar-refractivity contribution in [2.75, 3.05) is 12.3 Å². The molecule has 0 aromatic heterocycles. The predicted molar refractivity (Wildman–Crippen MR) is 98.4 cm³/mol. The Balaban J connectivity index is 1.97. The van der Waals surface area contributed by atoms with E-state index in [0.717, 1.165) is 0 Å². The molecule has 4 heteroatoms. The maximum atomic E-state index is 12.9. The van der Waals surface area contributed by atoms with Crippen molar-refractivity contribution in [2.45, 2.75) is 6.92 Å². The van der Waals surface area contributed by atoms with Crippen LogP contribution in [0.3, 0.4) is 0 Å². The van der Waals surface area contributed by atoms with Crippen molar-refractivity contribution in [3.63, 3.8) is 0 Å². The van der Waals surface area contributed by atoms with Crippen molar-refractivity contribution in [2.24, 2.45) is 0 Å². The first-order valence-electron chi connectivity index (χ1n) is 8.07. The average Bonchev–Trinajstić information content (AvgIpc) is 2.63. The lowest BCUT2D eigenvalue weighted by molar-refractivity contribution is 0.103. The number of hydrogen-bond donors (Lipinski definition) is 1. The van der Waals surface area contributed by atoms with Crippen LogP contribution in [0.1, 0.15) is 22.8 Å². The SMILES string of the molecule is CCOc1ccc(Oc2ccccc2)cc1C(=O)c1cccc(N)c1. The summed E-state index contributed by atoms with van der Waals surface area (Å²) in [4.78, 5) is 12.9. The molecule has 0 saturated carbocycles. The molecule has 25 heavy (non-hydrogen) atoms. The highest BCUT2D eigenvalue weighted by atomic mass is 16.5. The van der Waals surface area contributed by atoms with E-state index in [-0.39, 0.29) is 5.78 Å². The van der Waals surface area contributed by atoms with Crippen molar-refractivity contribution < 1.29 is 14.3 Å². The Morgan fingerprint density at radius 2 is 1.72 bits per heavy atom. The molecule has 0 amide bonds. The van der Waals surface area contributed by atoms with E-state index in [1.807, 2.05) is 37.3 Å². The molecule has 0 aliphatic rings. The number of carbonyl (C=O) groups excluding carboxylic acids is 1. The number of anilines is 1. The molecule has 0 fully saturated rings. The maximum Gasteiger partial charge on any atom is 0.196 e. The van der Waals surface area contributed by atoms with E-state index in [0.29, 0.717) is 40.7 Å². The summed E-state index contributed by atoms with van der Waals surface area (Å²) in [5.74, 6) is 1.64. The number of nitrogens with two attached hydrogens (primary N) is 1. The van der Waals surface area contributed by atoms with Crippen molar-refractivity contribution in [3.05, 3.63) is 83.9 Å². The van der Waals surface area contributed by atoms with E-state index in [2.05, 4.69) is 0 Å². The zero-order valence-corrected chi connectivity index (χ0v) is 13.9. The highest BCUT2D eigenvalue weighted by Crippen LogP contribution is 2.30. The van der Waals surface area contributed by atoms with Gasteiger partial charge in [0.25, 0.3) is 0 Å². The van der Waals surface area contributed by atoms with Crippen LogP contribution in [0.4, 0.5) is 5.69 Å². The van der Waals surface area contributed by atoms with Crippen LogP contribution in [0.15, 0.2) is 72.8 Å². The summed E-state index contributed by atoms with van der Waals surface area (Å²) in [5.41, 5.74) is 7.29. The Hall–Kier alpha value is -3.27. The van der Waals surface area contributed by atoms with Gasteiger partial charge in [-0.05, 0) is 49.4 Å². The fourth-order valence-electron chi connectivity index (χ4n) is 2.49. The third-order valence-electron chi connectivity index (χ3n) is 3.62. The van der Waals surface area contributed by atoms with E-state index in [1.54, 1.807) is 42.5 Å². The summed E-state index contributed by atoms with van der Waals surface area (Å²) in [6.45, 7) is 2.35. The van der Waals surface area contributed by atoms with E-state index in [1.165, 1.54) is 0 Å². The van der Waals surface area contributed by atoms with Crippen LogP contribution in [0.5, 0.6) is 17.2 Å². The van der Waals surface area contributed by atoms with Gasteiger partial charge in [0.2, 0.25) is 0 Å². The molecule has 3 rings (SSSR count). The second-order valence-electron chi connectivity index (χ2n) is 5.46. The van der Waals surface area contributed by atoms with E-state index in [9.17, 15) is 4.79 Å². The number of hydrogen-bond acceptors (Lipinski definition) is 4. The first kappa shape index (κ1) is 16.6. The van der Waals surface area contributed by atoms with Crippen LogP contribution >= 0.6 is 0 Å². The maximum absolute atomic E-state index is 12.9. The molecule has 0 bridgehead atoms. The minimum Gasteiger partial charge on any atom is -0.493 e. The Bertz CT molecular complexity index is 875. The van der Waals surface area contributed by atoms with Gasteiger partial charge in [0.1, 0.15) is 17.2 Å². The summed E-state index contributed by atoms with van der Waals surface area (Å²) in [6.07, 6.45) is 0. The van der Waals surface area contributed by atoms with Gasteiger partial charge in [0.15, 0.2) is 5.78 Å². The zero-order chi connectivity index (χ0) is 17.6. The van der Waals surface area contributed by atoms with E-state index in [4.69, 9.17) is 15.2 Å². The number of carbonyl (C=O) groups is 1. The normalized spacial score (nSPS) is 10.3. The molecule has 2 N–H and O–H groups in total. The van der Waals surface area contributed by atoms with Gasteiger partial charge in [-0.3, -0.25) is 4.79 Å². The van der Waals surface area contributed by atoms with Crippen LogP contribution in [0, 0.1) is 0 Å². The molecule has 0 atom stereocenters. The van der Waals surface area contributed by atoms with Gasteiger partial charge in [-0.15, -0.1) is 0 Å². The number of benzene rings is 3. The lowest BCUT2D eigenvalue weighted by atomic mass is 10.0. The van der Waals surface area contributed by atoms with Gasteiger partial charge in [-0.1, -0.05) is 30.3 Å². The fraction of sp³-hybridized carbons (Fsp3) is 0.0952. The highest BCUT2D eigenvalue weighted by Gasteiger charge is 2.16. The summed E-state index contributed by atoms with van der Waals surface area (Å²) >= 11 is 0. The van der Waals surface area contributed by atoms with Gasteiger partial charge >= 0.3 is 0 Å². The monoisotopic (exact) mass is 333 g/mol. The molecule has 4 nitrogen and oxygen atoms in total. The molecule has 0 radical (unpaired) electrons. The average molecular weight is 333 g/mol. The molecule has 0 aliphatic carbocycles. The summed E-state index contributed by atoms with van der Waals surface area (Å²) in [6, 6.07) is 21.5. The van der Waals surface area contributed by atoms with Gasteiger partial charge in [-0.2, -0.15) is 0 Å². The second-order valence-corrected chi connectivity index (χ2v) is 5.46. The van der Waals surface area contributed by atoms with Gasteiger partial charge in [-0.25, -0.2) is 0 Å². The molecule has 0 unspecified atom stereocenters. The van der Waals surface area contributed by atoms with Crippen molar-refractivity contribution in [1.29, 1.82) is 0 Å². The number of rotatable bonds is 6. The molecular weight excluding hydrogens is 314 g/mol. The minimum absolute atomic E-state index is 0.158. The van der Waals surface area contributed by atoms with Crippen LogP contribution in [0.25, 0.3) is 0 Å². The Morgan fingerprint density at radius 1 is 0.920 bits per heavy atom. The molecule has 3 aromatic carbocycles. The second kappa shape index (κ2) is 7.53. The quantitative estimate of drug-likeness (QED) is 0.525. The summed E-state index contributed by atoms with van der Waals surface area (Å²) in [5, 5.41) is 0. The van der Waals surface area contributed by atoms with Crippen LogP contribution in [-0.2, 0) is 0 Å². The van der Waals surface area contributed by atoms with E-state index >= 15 is 0 Å². The molecule has 3 aromatic rings. The minimum atomic E-state index is -0.158. The van der Waals surface area contributed by atoms with Crippen LogP contribution in [-0.4, -0.2) is 12.4 Å². The molecule has 126 valence electrons. The Kier molecular flexibility index (Phi) is 5.00. The summed E-state index contributed by atoms with van der Waals surface area (Å²) < 4.78 is 11.4. The number of ketones is 1. The number of ether oxygens (including phenoxy) is 2. The standard InChI is InChI=1S/C21H19NO3/c1-2-24-20-12-11-18(25-17-9-4-3-5-10-17)14-19(20)21(23)15-7-6-8-16(22)13-15/h3-14H,2,22H2,1H3. The molecule has 0 heterocycles. The van der Waals surface area contributed by atoms with Crippen LogP contribution < -0.4 is 15.2 Å². The largest absolute Gasteiger partial charge is 0.493 e. The Morgan fingerprint density at radius 3 is 2.44 bits per heavy atom. The highest BCUT2D eigenvalue weighted by molar-refractivity contribution is 6.11. The van der Waals surface area contributed by atoms with Gasteiger partial charge in [0.05, 0.1) is 12.2 Å². The third kappa shape index (κ3) is 3.98. The third-order valence-corrected chi connectivity index (χ3v) is 3.62. The lowest BCUT2D eigenvalue weighted by Gasteiger charge is -2.12. The van der Waals surface area contributed by atoms with Gasteiger partial charge < -0.3 is 15.2 Å². The smallest absolute Gasteiger partial charge is 0.196 e.